The molecule has 8 N–H and O–H groups in total. The van der Waals surface area contributed by atoms with Gasteiger partial charge in [0, 0.05) is 18.4 Å². The second kappa shape index (κ2) is 8.53. The third kappa shape index (κ3) is 3.98. The Morgan fingerprint density at radius 2 is 1.48 bits per heavy atom. The molecule has 0 aromatic carbocycles. The highest BCUT2D eigenvalue weighted by Crippen LogP contribution is 2.33. The summed E-state index contributed by atoms with van der Waals surface area (Å²) < 4.78 is 10.8. The van der Waals surface area contributed by atoms with Crippen molar-refractivity contribution in [1.82, 2.24) is 0 Å². The molecular weight excluding hydrogens is 340 g/mol. The number of aliphatic hydroxyl groups excluding tert-OH is 8. The molecule has 2 aliphatic rings. The molecule has 25 heavy (non-hydrogen) atoms. The van der Waals surface area contributed by atoms with E-state index in [2.05, 4.69) is 0 Å². The molecule has 2 rings (SSSR count). The van der Waals surface area contributed by atoms with E-state index < -0.39 is 67.3 Å². The average Bonchev–Trinajstić information content (AvgIpc) is 2.86. The van der Waals surface area contributed by atoms with E-state index in [1.807, 2.05) is 0 Å². The highest BCUT2D eigenvalue weighted by molar-refractivity contribution is 5.02. The molecule has 2 fully saturated rings. The Bertz CT molecular complexity index is 421. The molecule has 0 bridgehead atoms. The van der Waals surface area contributed by atoms with Crippen molar-refractivity contribution in [2.45, 2.75) is 48.6 Å². The summed E-state index contributed by atoms with van der Waals surface area (Å²) in [6, 6.07) is 0. The van der Waals surface area contributed by atoms with Gasteiger partial charge in [0.2, 0.25) is 0 Å². The largest absolute Gasteiger partial charge is 0.396 e. The summed E-state index contributed by atoms with van der Waals surface area (Å²) in [4.78, 5) is 0. The first kappa shape index (κ1) is 20.9. The maximum absolute atomic E-state index is 10.1. The lowest BCUT2D eigenvalue weighted by molar-refractivity contribution is -0.175. The number of hydrogen-bond donors (Lipinski definition) is 8. The Hall–Kier alpha value is -0.400. The quantitative estimate of drug-likeness (QED) is 0.218. The van der Waals surface area contributed by atoms with Gasteiger partial charge in [-0.1, -0.05) is 0 Å². The fraction of sp³-hybridized carbons (Fsp3) is 1.00. The minimum atomic E-state index is -1.61. The first-order chi connectivity index (χ1) is 11.8. The van der Waals surface area contributed by atoms with Crippen LogP contribution in [-0.2, 0) is 9.47 Å². The van der Waals surface area contributed by atoms with E-state index in [-0.39, 0.29) is 26.2 Å². The van der Waals surface area contributed by atoms with Crippen molar-refractivity contribution in [3.8, 4) is 0 Å². The SMILES string of the molecule is OCC1C[C@@H](COC[C@]2(CO)O[C@@H](CO)C(O)[C@H]2O)C(O)[C@@H](O)[C@H]1O. The van der Waals surface area contributed by atoms with Gasteiger partial charge in [0.1, 0.15) is 30.0 Å². The van der Waals surface area contributed by atoms with Crippen LogP contribution in [0.1, 0.15) is 6.42 Å². The molecule has 0 aromatic heterocycles. The second-order valence-corrected chi connectivity index (χ2v) is 6.92. The van der Waals surface area contributed by atoms with Crippen molar-refractivity contribution >= 4 is 0 Å². The summed E-state index contributed by atoms with van der Waals surface area (Å²) in [5, 5.41) is 77.5. The van der Waals surface area contributed by atoms with Crippen molar-refractivity contribution < 1.29 is 50.3 Å². The van der Waals surface area contributed by atoms with Gasteiger partial charge in [-0.25, -0.2) is 0 Å². The van der Waals surface area contributed by atoms with Gasteiger partial charge in [-0.05, 0) is 6.42 Å². The molecule has 3 unspecified atom stereocenters. The van der Waals surface area contributed by atoms with Crippen LogP contribution in [-0.4, -0.2) is 116 Å². The number of aliphatic hydroxyl groups is 8. The van der Waals surface area contributed by atoms with E-state index in [0.717, 1.165) is 0 Å². The molecule has 1 heterocycles. The molecule has 148 valence electrons. The second-order valence-electron chi connectivity index (χ2n) is 6.92. The molecule has 1 saturated carbocycles. The van der Waals surface area contributed by atoms with Gasteiger partial charge in [-0.15, -0.1) is 0 Å². The zero-order chi connectivity index (χ0) is 18.8. The van der Waals surface area contributed by atoms with Crippen LogP contribution in [0.3, 0.4) is 0 Å². The molecule has 1 aliphatic heterocycles. The van der Waals surface area contributed by atoms with Crippen LogP contribution in [0.5, 0.6) is 0 Å². The fourth-order valence-corrected chi connectivity index (χ4v) is 3.56. The smallest absolute Gasteiger partial charge is 0.143 e. The topological polar surface area (TPSA) is 180 Å². The van der Waals surface area contributed by atoms with Gasteiger partial charge in [-0.2, -0.15) is 0 Å². The first-order valence-electron chi connectivity index (χ1n) is 8.29. The molecule has 9 atom stereocenters. The first-order valence-corrected chi connectivity index (χ1v) is 8.29. The lowest BCUT2D eigenvalue weighted by Crippen LogP contribution is -2.54. The average molecular weight is 368 g/mol. The highest BCUT2D eigenvalue weighted by Gasteiger charge is 2.54. The monoisotopic (exact) mass is 368 g/mol. The predicted octanol–water partition coefficient (Wildman–Crippen LogP) is -4.44. The zero-order valence-electron chi connectivity index (χ0n) is 13.8. The predicted molar refractivity (Wildman–Crippen MR) is 81.3 cm³/mol. The van der Waals surface area contributed by atoms with Crippen molar-refractivity contribution in [1.29, 1.82) is 0 Å². The minimum absolute atomic E-state index is 0.0842. The molecule has 0 amide bonds. The van der Waals surface area contributed by atoms with Crippen molar-refractivity contribution in [3.63, 3.8) is 0 Å². The highest BCUT2D eigenvalue weighted by atomic mass is 16.6. The van der Waals surface area contributed by atoms with Crippen LogP contribution >= 0.6 is 0 Å². The molecule has 10 nitrogen and oxygen atoms in total. The standard InChI is InChI=1S/C15H28O10/c16-2-7-1-8(11(20)13(22)10(7)19)4-24-6-15(5-18)14(23)12(21)9(3-17)25-15/h7-14,16-23H,1-6H2/t7?,8-,9-,10-,11?,12?,13-,14+,15-/m0/s1. The van der Waals surface area contributed by atoms with Crippen molar-refractivity contribution in [2.75, 3.05) is 33.0 Å². The summed E-state index contributed by atoms with van der Waals surface area (Å²) in [6.45, 7) is -1.95. The lowest BCUT2D eigenvalue weighted by Gasteiger charge is -2.40. The molecule has 0 radical (unpaired) electrons. The number of hydrogen-bond acceptors (Lipinski definition) is 10. The molecular formula is C15H28O10. The van der Waals surface area contributed by atoms with Crippen LogP contribution in [0.15, 0.2) is 0 Å². The summed E-state index contributed by atoms with van der Waals surface area (Å²) >= 11 is 0. The van der Waals surface area contributed by atoms with E-state index in [9.17, 15) is 35.7 Å². The maximum atomic E-state index is 10.1. The maximum Gasteiger partial charge on any atom is 0.143 e. The minimum Gasteiger partial charge on any atom is -0.396 e. The Balaban J connectivity index is 1.94. The van der Waals surface area contributed by atoms with Gasteiger partial charge in [-0.3, -0.25) is 0 Å². The third-order valence-corrected chi connectivity index (χ3v) is 5.26. The van der Waals surface area contributed by atoms with Crippen LogP contribution in [0, 0.1) is 11.8 Å². The van der Waals surface area contributed by atoms with Crippen LogP contribution < -0.4 is 0 Å². The van der Waals surface area contributed by atoms with Gasteiger partial charge < -0.3 is 50.3 Å². The lowest BCUT2D eigenvalue weighted by atomic mass is 9.76. The summed E-state index contributed by atoms with van der Waals surface area (Å²) in [7, 11) is 0. The van der Waals surface area contributed by atoms with Gasteiger partial charge in [0.25, 0.3) is 0 Å². The Morgan fingerprint density at radius 3 is 2.00 bits per heavy atom. The summed E-state index contributed by atoms with van der Waals surface area (Å²) in [5.74, 6) is -1.18. The molecule has 0 spiro atoms. The van der Waals surface area contributed by atoms with Gasteiger partial charge >= 0.3 is 0 Å². The summed E-state index contributed by atoms with van der Waals surface area (Å²) in [5.41, 5.74) is -1.61. The van der Waals surface area contributed by atoms with E-state index >= 15 is 0 Å². The number of ether oxygens (including phenoxy) is 2. The Kier molecular flexibility index (Phi) is 7.13. The number of rotatable bonds is 7. The van der Waals surface area contributed by atoms with E-state index in [4.69, 9.17) is 14.6 Å². The normalized spacial score (nSPS) is 48.0. The van der Waals surface area contributed by atoms with Crippen LogP contribution in [0.25, 0.3) is 0 Å². The van der Waals surface area contributed by atoms with Crippen LogP contribution in [0.4, 0.5) is 0 Å². The van der Waals surface area contributed by atoms with Crippen molar-refractivity contribution in [2.24, 2.45) is 11.8 Å². The molecule has 10 heteroatoms. The van der Waals surface area contributed by atoms with E-state index in [1.54, 1.807) is 0 Å². The molecule has 0 aromatic rings. The van der Waals surface area contributed by atoms with Gasteiger partial charge in [0.05, 0.1) is 38.6 Å². The van der Waals surface area contributed by atoms with Gasteiger partial charge in [0.15, 0.2) is 0 Å². The van der Waals surface area contributed by atoms with Crippen LogP contribution in [0.2, 0.25) is 0 Å². The molecule has 1 aliphatic carbocycles. The summed E-state index contributed by atoms with van der Waals surface area (Å²) in [6.07, 6.45) is -7.59. The zero-order valence-corrected chi connectivity index (χ0v) is 13.8. The fourth-order valence-electron chi connectivity index (χ4n) is 3.56. The van der Waals surface area contributed by atoms with E-state index in [0.29, 0.717) is 0 Å². The molecule has 1 saturated heterocycles. The van der Waals surface area contributed by atoms with E-state index in [1.165, 1.54) is 0 Å². The third-order valence-electron chi connectivity index (χ3n) is 5.26. The van der Waals surface area contributed by atoms with Crippen molar-refractivity contribution in [3.05, 3.63) is 0 Å². The Morgan fingerprint density at radius 1 is 0.840 bits per heavy atom. The Labute approximate surface area is 144 Å².